The Morgan fingerprint density at radius 1 is 1.26 bits per heavy atom. The fourth-order valence-electron chi connectivity index (χ4n) is 2.52. The molecule has 1 amide bonds. The van der Waals surface area contributed by atoms with E-state index >= 15 is 0 Å². The van der Waals surface area contributed by atoms with Crippen molar-refractivity contribution in [2.45, 2.75) is 12.5 Å². The van der Waals surface area contributed by atoms with E-state index in [4.69, 9.17) is 4.74 Å². The van der Waals surface area contributed by atoms with Crippen molar-refractivity contribution in [3.63, 3.8) is 0 Å². The Bertz CT molecular complexity index is 728. The number of carbonyl (C=O) groups is 1. The summed E-state index contributed by atoms with van der Waals surface area (Å²) in [6.07, 6.45) is -0.206. The van der Waals surface area contributed by atoms with Gasteiger partial charge in [0.15, 0.2) is 0 Å². The number of hydrogen-bond acceptors (Lipinski definition) is 3. The van der Waals surface area contributed by atoms with E-state index in [-0.39, 0.29) is 6.54 Å². The number of aliphatic hydroxyl groups excluding tert-OH is 1. The average Bonchev–Trinajstić information content (AvgIpc) is 3.00. The van der Waals surface area contributed by atoms with Crippen LogP contribution in [0.2, 0.25) is 0 Å². The number of rotatable bonds is 4. The van der Waals surface area contributed by atoms with Gasteiger partial charge in [0.1, 0.15) is 22.9 Å². The van der Waals surface area contributed by atoms with Gasteiger partial charge in [-0.1, -0.05) is 12.1 Å². The number of fused-ring (bicyclic) bond motifs is 1. The maximum atomic E-state index is 13.5. The molecule has 2 aromatic rings. The van der Waals surface area contributed by atoms with E-state index in [1.54, 1.807) is 12.1 Å². The first kappa shape index (κ1) is 15.4. The third-order valence-electron chi connectivity index (χ3n) is 3.74. The first-order valence-corrected chi connectivity index (χ1v) is 7.22. The summed E-state index contributed by atoms with van der Waals surface area (Å²) < 4.78 is 32.4. The lowest BCUT2D eigenvalue weighted by Crippen LogP contribution is -2.29. The van der Waals surface area contributed by atoms with Gasteiger partial charge in [0, 0.05) is 13.0 Å². The summed E-state index contributed by atoms with van der Waals surface area (Å²) in [5.74, 6) is -1.99. The summed E-state index contributed by atoms with van der Waals surface area (Å²) in [5, 5.41) is 12.5. The smallest absolute Gasteiger partial charge is 0.257 e. The first-order chi connectivity index (χ1) is 11.1. The molecule has 23 heavy (non-hydrogen) atoms. The standard InChI is InChI=1S/C17H15F2NO3/c18-12-2-1-3-13(19)16(12)17(22)20-9-14(21)10-4-5-15-11(8-10)6-7-23-15/h1-5,8,14,21H,6-7,9H2,(H,20,22)/t14-/m1/s1. The molecule has 1 atom stereocenters. The number of aliphatic hydroxyl groups is 1. The summed E-state index contributed by atoms with van der Waals surface area (Å²) >= 11 is 0. The Morgan fingerprint density at radius 2 is 2.00 bits per heavy atom. The molecule has 0 bridgehead atoms. The Labute approximate surface area is 131 Å². The van der Waals surface area contributed by atoms with E-state index < -0.39 is 29.2 Å². The maximum Gasteiger partial charge on any atom is 0.257 e. The van der Waals surface area contributed by atoms with Crippen LogP contribution < -0.4 is 10.1 Å². The number of ether oxygens (including phenoxy) is 1. The van der Waals surface area contributed by atoms with E-state index in [9.17, 15) is 18.7 Å². The van der Waals surface area contributed by atoms with Gasteiger partial charge in [-0.25, -0.2) is 8.78 Å². The Balaban J connectivity index is 1.67. The van der Waals surface area contributed by atoms with Crippen molar-refractivity contribution in [3.8, 4) is 5.75 Å². The molecule has 2 aromatic carbocycles. The van der Waals surface area contributed by atoms with Gasteiger partial charge in [-0.3, -0.25) is 4.79 Å². The van der Waals surface area contributed by atoms with Gasteiger partial charge in [-0.05, 0) is 35.4 Å². The maximum absolute atomic E-state index is 13.5. The lowest BCUT2D eigenvalue weighted by atomic mass is 10.0. The van der Waals surface area contributed by atoms with E-state index in [1.807, 2.05) is 6.07 Å². The van der Waals surface area contributed by atoms with Gasteiger partial charge in [0.25, 0.3) is 5.91 Å². The summed E-state index contributed by atoms with van der Waals surface area (Å²) in [5.41, 5.74) is 0.957. The van der Waals surface area contributed by atoms with Crippen LogP contribution >= 0.6 is 0 Å². The van der Waals surface area contributed by atoms with Crippen LogP contribution in [0.15, 0.2) is 36.4 Å². The molecule has 0 aliphatic carbocycles. The molecule has 0 saturated carbocycles. The summed E-state index contributed by atoms with van der Waals surface area (Å²) in [4.78, 5) is 11.9. The van der Waals surface area contributed by atoms with Gasteiger partial charge in [-0.2, -0.15) is 0 Å². The quantitative estimate of drug-likeness (QED) is 0.909. The molecule has 0 aromatic heterocycles. The predicted molar refractivity (Wildman–Crippen MR) is 79.3 cm³/mol. The number of nitrogens with one attached hydrogen (secondary N) is 1. The van der Waals surface area contributed by atoms with Crippen molar-refractivity contribution in [1.29, 1.82) is 0 Å². The molecule has 4 nitrogen and oxygen atoms in total. The summed E-state index contributed by atoms with van der Waals surface area (Å²) in [6, 6.07) is 8.47. The molecule has 120 valence electrons. The molecular formula is C17H15F2NO3. The van der Waals surface area contributed by atoms with Crippen LogP contribution in [0, 0.1) is 11.6 Å². The van der Waals surface area contributed by atoms with Gasteiger partial charge >= 0.3 is 0 Å². The molecule has 2 N–H and O–H groups in total. The molecule has 0 fully saturated rings. The van der Waals surface area contributed by atoms with Crippen LogP contribution in [-0.2, 0) is 6.42 Å². The SMILES string of the molecule is O=C(NC[C@@H](O)c1ccc2c(c1)CCO2)c1c(F)cccc1F. The third kappa shape index (κ3) is 3.17. The van der Waals surface area contributed by atoms with Crippen LogP contribution in [-0.4, -0.2) is 24.2 Å². The van der Waals surface area contributed by atoms with Crippen molar-refractivity contribution in [2.24, 2.45) is 0 Å². The average molecular weight is 319 g/mol. The van der Waals surface area contributed by atoms with Crippen LogP contribution in [0.5, 0.6) is 5.75 Å². The third-order valence-corrected chi connectivity index (χ3v) is 3.74. The monoisotopic (exact) mass is 319 g/mol. The summed E-state index contributed by atoms with van der Waals surface area (Å²) in [6.45, 7) is 0.463. The molecule has 1 heterocycles. The fraction of sp³-hybridized carbons (Fsp3) is 0.235. The number of hydrogen-bond donors (Lipinski definition) is 2. The molecule has 1 aliphatic rings. The molecule has 1 aliphatic heterocycles. The zero-order valence-corrected chi connectivity index (χ0v) is 12.2. The number of halogens is 2. The highest BCUT2D eigenvalue weighted by Crippen LogP contribution is 2.28. The molecular weight excluding hydrogens is 304 g/mol. The Kier molecular flexibility index (Phi) is 4.25. The minimum Gasteiger partial charge on any atom is -0.493 e. The van der Waals surface area contributed by atoms with Gasteiger partial charge in [0.05, 0.1) is 12.7 Å². The van der Waals surface area contributed by atoms with Gasteiger partial charge in [-0.15, -0.1) is 0 Å². The highest BCUT2D eigenvalue weighted by atomic mass is 19.1. The van der Waals surface area contributed by atoms with E-state index in [0.29, 0.717) is 12.2 Å². The highest BCUT2D eigenvalue weighted by Gasteiger charge is 2.19. The van der Waals surface area contributed by atoms with Crippen LogP contribution in [0.4, 0.5) is 8.78 Å². The van der Waals surface area contributed by atoms with Gasteiger partial charge in [0.2, 0.25) is 0 Å². The van der Waals surface area contributed by atoms with Crippen LogP contribution in [0.3, 0.4) is 0 Å². The minimum absolute atomic E-state index is 0.147. The predicted octanol–water partition coefficient (Wildman–Crippen LogP) is 2.36. The largest absolute Gasteiger partial charge is 0.493 e. The van der Waals surface area contributed by atoms with Gasteiger partial charge < -0.3 is 15.2 Å². The number of amides is 1. The fourth-order valence-corrected chi connectivity index (χ4v) is 2.52. The lowest BCUT2D eigenvalue weighted by Gasteiger charge is -2.14. The zero-order valence-electron chi connectivity index (χ0n) is 12.2. The second-order valence-corrected chi connectivity index (χ2v) is 5.29. The van der Waals surface area contributed by atoms with E-state index in [2.05, 4.69) is 5.32 Å². The molecule has 6 heteroatoms. The first-order valence-electron chi connectivity index (χ1n) is 7.22. The van der Waals surface area contributed by atoms with E-state index in [1.165, 1.54) is 6.07 Å². The Hall–Kier alpha value is -2.47. The Morgan fingerprint density at radius 3 is 2.74 bits per heavy atom. The molecule has 0 unspecified atom stereocenters. The second kappa shape index (κ2) is 6.34. The van der Waals surface area contributed by atoms with Crippen molar-refractivity contribution < 1.29 is 23.4 Å². The van der Waals surface area contributed by atoms with Crippen molar-refractivity contribution >= 4 is 5.91 Å². The summed E-state index contributed by atoms with van der Waals surface area (Å²) in [7, 11) is 0. The lowest BCUT2D eigenvalue weighted by molar-refractivity contribution is 0.0908. The zero-order chi connectivity index (χ0) is 16.4. The molecule has 0 saturated heterocycles. The van der Waals surface area contributed by atoms with Crippen LogP contribution in [0.25, 0.3) is 0 Å². The topological polar surface area (TPSA) is 58.6 Å². The van der Waals surface area contributed by atoms with Crippen LogP contribution in [0.1, 0.15) is 27.6 Å². The normalized spacial score (nSPS) is 14.0. The van der Waals surface area contributed by atoms with Crippen molar-refractivity contribution in [2.75, 3.05) is 13.2 Å². The molecule has 3 rings (SSSR count). The second-order valence-electron chi connectivity index (χ2n) is 5.29. The number of benzene rings is 2. The molecule has 0 radical (unpaired) electrons. The molecule has 0 spiro atoms. The number of carbonyl (C=O) groups excluding carboxylic acids is 1. The van der Waals surface area contributed by atoms with Crippen molar-refractivity contribution in [3.05, 3.63) is 64.7 Å². The van der Waals surface area contributed by atoms with E-state index in [0.717, 1.165) is 29.9 Å². The minimum atomic E-state index is -0.973. The highest BCUT2D eigenvalue weighted by molar-refractivity contribution is 5.94. The van der Waals surface area contributed by atoms with Crippen molar-refractivity contribution in [1.82, 2.24) is 5.32 Å².